The number of nitrogens with one attached hydrogen (secondary N) is 1. The smallest absolute Gasteiger partial charge is 0.227 e. The third-order valence-electron chi connectivity index (χ3n) is 7.32. The van der Waals surface area contributed by atoms with E-state index in [4.69, 9.17) is 0 Å². The van der Waals surface area contributed by atoms with Gasteiger partial charge in [-0.15, -0.1) is 0 Å². The zero-order valence-electron chi connectivity index (χ0n) is 20.6. The van der Waals surface area contributed by atoms with Gasteiger partial charge in [0.15, 0.2) is 5.67 Å². The number of benzene rings is 1. The van der Waals surface area contributed by atoms with Crippen LogP contribution in [-0.4, -0.2) is 68.7 Å². The molecule has 8 nitrogen and oxygen atoms in total. The van der Waals surface area contributed by atoms with Crippen molar-refractivity contribution in [1.29, 1.82) is 0 Å². The van der Waals surface area contributed by atoms with E-state index in [1.54, 1.807) is 17.2 Å². The number of β-amino-alcohol motifs (C(OH)–C–C–N with tert-alkyl or cyclic N) is 1. The Balaban J connectivity index is 1.44. The van der Waals surface area contributed by atoms with Crippen LogP contribution in [-0.2, 0) is 0 Å². The number of alkyl halides is 1. The molecule has 186 valence electrons. The largest absolute Gasteiger partial charge is 0.390 e. The molecule has 2 aliphatic heterocycles. The fraction of sp³-hybridized carbons (Fsp3) is 0.500. The van der Waals surface area contributed by atoms with Crippen molar-refractivity contribution in [2.75, 3.05) is 34.8 Å². The van der Waals surface area contributed by atoms with E-state index in [0.717, 1.165) is 16.5 Å². The molecule has 1 aromatic carbocycles. The molecule has 3 N–H and O–H groups in total. The van der Waals surface area contributed by atoms with Gasteiger partial charge in [-0.1, -0.05) is 19.9 Å². The predicted molar refractivity (Wildman–Crippen MR) is 136 cm³/mol. The average Bonchev–Trinajstić information content (AvgIpc) is 2.83. The van der Waals surface area contributed by atoms with Crippen LogP contribution >= 0.6 is 0 Å². The lowest BCUT2D eigenvalue weighted by Gasteiger charge is -2.45. The Hall–Kier alpha value is -3.04. The Morgan fingerprint density at radius 3 is 2.63 bits per heavy atom. The van der Waals surface area contributed by atoms with E-state index >= 15 is 0 Å². The summed E-state index contributed by atoms with van der Waals surface area (Å²) < 4.78 is 14.7. The molecule has 2 saturated heterocycles. The number of halogens is 1. The molecule has 35 heavy (non-hydrogen) atoms. The number of hydrogen-bond acceptors (Lipinski definition) is 8. The molecule has 0 aliphatic carbocycles. The highest BCUT2D eigenvalue weighted by Crippen LogP contribution is 2.37. The van der Waals surface area contributed by atoms with Gasteiger partial charge in [0.05, 0.1) is 24.8 Å². The van der Waals surface area contributed by atoms with Crippen LogP contribution in [0.5, 0.6) is 0 Å². The number of aliphatic hydroxyl groups excluding tert-OH is 2. The Morgan fingerprint density at radius 1 is 1.14 bits per heavy atom. The fourth-order valence-corrected chi connectivity index (χ4v) is 4.99. The van der Waals surface area contributed by atoms with Gasteiger partial charge < -0.3 is 25.3 Å². The molecule has 0 unspecified atom stereocenters. The van der Waals surface area contributed by atoms with E-state index in [-0.39, 0.29) is 18.7 Å². The summed E-state index contributed by atoms with van der Waals surface area (Å²) in [6.07, 6.45) is 2.55. The van der Waals surface area contributed by atoms with Crippen LogP contribution in [0.2, 0.25) is 0 Å². The quantitative estimate of drug-likeness (QED) is 0.508. The highest BCUT2D eigenvalue weighted by atomic mass is 19.1. The van der Waals surface area contributed by atoms with E-state index in [9.17, 15) is 14.6 Å². The topological polar surface area (TPSA) is 97.6 Å². The van der Waals surface area contributed by atoms with Gasteiger partial charge >= 0.3 is 0 Å². The molecule has 0 saturated carbocycles. The van der Waals surface area contributed by atoms with Crippen LogP contribution < -0.4 is 15.1 Å². The van der Waals surface area contributed by atoms with Gasteiger partial charge in [0.2, 0.25) is 5.95 Å². The Morgan fingerprint density at radius 2 is 1.94 bits per heavy atom. The second-order valence-corrected chi connectivity index (χ2v) is 10.3. The number of aliphatic hydroxyl groups is 2. The molecule has 2 fully saturated rings. The maximum Gasteiger partial charge on any atom is 0.227 e. The van der Waals surface area contributed by atoms with Crippen molar-refractivity contribution in [2.24, 2.45) is 0 Å². The maximum atomic E-state index is 14.7. The minimum Gasteiger partial charge on any atom is -0.390 e. The van der Waals surface area contributed by atoms with Crippen LogP contribution in [0.25, 0.3) is 10.8 Å². The predicted octanol–water partition coefficient (Wildman–Crippen LogP) is 3.76. The van der Waals surface area contributed by atoms with Crippen LogP contribution in [0.3, 0.4) is 0 Å². The highest BCUT2D eigenvalue weighted by Gasteiger charge is 2.40. The number of piperidine rings is 1. The van der Waals surface area contributed by atoms with Crippen molar-refractivity contribution in [3.8, 4) is 0 Å². The third kappa shape index (κ3) is 4.38. The van der Waals surface area contributed by atoms with Crippen LogP contribution in [0.15, 0.2) is 36.7 Å². The number of pyridine rings is 1. The maximum absolute atomic E-state index is 14.7. The summed E-state index contributed by atoms with van der Waals surface area (Å²) in [5.41, 5.74) is 0.590. The van der Waals surface area contributed by atoms with Crippen molar-refractivity contribution in [3.63, 3.8) is 0 Å². The Kier molecular flexibility index (Phi) is 6.01. The zero-order valence-corrected chi connectivity index (χ0v) is 20.6. The van der Waals surface area contributed by atoms with Gasteiger partial charge in [-0.05, 0) is 55.3 Å². The monoisotopic (exact) mass is 480 g/mol. The fourth-order valence-electron chi connectivity index (χ4n) is 4.99. The lowest BCUT2D eigenvalue weighted by Crippen LogP contribution is -2.58. The number of anilines is 4. The first-order valence-electron chi connectivity index (χ1n) is 12.2. The minimum absolute atomic E-state index is 0.0377. The molecule has 2 aliphatic rings. The summed E-state index contributed by atoms with van der Waals surface area (Å²) in [6.45, 7) is 8.92. The molecule has 0 radical (unpaired) electrons. The molecule has 3 aromatic rings. The number of nitrogens with zero attached hydrogens (tertiary/aromatic N) is 5. The molecule has 5 rings (SSSR count). The molecule has 2 aromatic heterocycles. The summed E-state index contributed by atoms with van der Waals surface area (Å²) in [7, 11) is 0. The van der Waals surface area contributed by atoms with Gasteiger partial charge in [0, 0.05) is 36.6 Å². The number of hydrogen-bond donors (Lipinski definition) is 3. The van der Waals surface area contributed by atoms with Crippen molar-refractivity contribution in [1.82, 2.24) is 15.0 Å². The van der Waals surface area contributed by atoms with E-state index in [0.29, 0.717) is 43.0 Å². The highest BCUT2D eigenvalue weighted by molar-refractivity contribution is 5.98. The van der Waals surface area contributed by atoms with E-state index < -0.39 is 11.8 Å². The van der Waals surface area contributed by atoms with Gasteiger partial charge in [0.1, 0.15) is 11.6 Å². The standard InChI is InChI=1S/C26H33FN6O2/c1-15(2)17-5-6-20(33-13-21(34)16(33)3)19-12-29-24(11-18(17)19)30-23-7-9-28-25(31-23)32-10-8-22(35)26(4,27)14-32/h5-7,9,11-12,15-16,21-22,34-35H,8,10,13-14H2,1-4H3,(H,28,29,30,31)/t16-,21+,22-,26+/m1/s1. The van der Waals surface area contributed by atoms with Crippen molar-refractivity contribution >= 4 is 34.0 Å². The first-order valence-corrected chi connectivity index (χ1v) is 12.2. The Labute approximate surface area is 204 Å². The summed E-state index contributed by atoms with van der Waals surface area (Å²) in [6, 6.07) is 8.14. The summed E-state index contributed by atoms with van der Waals surface area (Å²) in [4.78, 5) is 17.5. The SMILES string of the molecule is CC(C)c1ccc(N2C[C@H](O)[C@H]2C)c2cnc(Nc3ccnc(N4CC[C@@H](O)[C@@](C)(F)C4)n3)cc12. The second kappa shape index (κ2) is 8.87. The van der Waals surface area contributed by atoms with Gasteiger partial charge in [-0.25, -0.2) is 14.4 Å². The normalized spacial score (nSPS) is 26.8. The summed E-state index contributed by atoms with van der Waals surface area (Å²) in [5, 5.41) is 25.4. The number of rotatable bonds is 5. The molecule has 0 amide bonds. The van der Waals surface area contributed by atoms with Crippen LogP contribution in [0.1, 0.15) is 45.6 Å². The van der Waals surface area contributed by atoms with Crippen LogP contribution in [0.4, 0.5) is 27.7 Å². The lowest BCUT2D eigenvalue weighted by atomic mass is 9.93. The van der Waals surface area contributed by atoms with E-state index in [1.165, 1.54) is 12.5 Å². The third-order valence-corrected chi connectivity index (χ3v) is 7.32. The molecule has 9 heteroatoms. The second-order valence-electron chi connectivity index (χ2n) is 10.3. The first-order chi connectivity index (χ1) is 16.6. The zero-order chi connectivity index (χ0) is 24.9. The van der Waals surface area contributed by atoms with Gasteiger partial charge in [-0.3, -0.25) is 0 Å². The first kappa shape index (κ1) is 23.7. The number of aromatic nitrogens is 3. The number of fused-ring (bicyclic) bond motifs is 1. The molecule has 4 atom stereocenters. The molecular formula is C26H33FN6O2. The van der Waals surface area contributed by atoms with Crippen molar-refractivity contribution < 1.29 is 14.6 Å². The van der Waals surface area contributed by atoms with Crippen LogP contribution in [0, 0.1) is 0 Å². The van der Waals surface area contributed by atoms with E-state index in [1.807, 2.05) is 19.2 Å². The lowest BCUT2D eigenvalue weighted by molar-refractivity contribution is -0.00860. The van der Waals surface area contributed by atoms with Gasteiger partial charge in [-0.2, -0.15) is 4.98 Å². The summed E-state index contributed by atoms with van der Waals surface area (Å²) in [5.74, 6) is 1.97. The molecule has 4 heterocycles. The van der Waals surface area contributed by atoms with Crippen molar-refractivity contribution in [3.05, 3.63) is 42.2 Å². The summed E-state index contributed by atoms with van der Waals surface area (Å²) >= 11 is 0. The Bertz CT molecular complexity index is 1240. The van der Waals surface area contributed by atoms with Gasteiger partial charge in [0.25, 0.3) is 0 Å². The molecule has 0 spiro atoms. The van der Waals surface area contributed by atoms with Crippen molar-refractivity contribution in [2.45, 2.75) is 64.0 Å². The average molecular weight is 481 g/mol. The van der Waals surface area contributed by atoms with E-state index in [2.05, 4.69) is 51.1 Å². The molecule has 0 bridgehead atoms. The molecular weight excluding hydrogens is 447 g/mol. The minimum atomic E-state index is -1.71.